The number of aromatic nitrogens is 1. The minimum absolute atomic E-state index is 0.264. The normalized spacial score (nSPS) is 16.1. The monoisotopic (exact) mass is 266 g/mol. The minimum atomic E-state index is 0.264. The largest absolute Gasteiger partial charge is 0.216 e. The Balaban J connectivity index is 2.34. The Morgan fingerprint density at radius 2 is 1.80 bits per heavy atom. The van der Waals surface area contributed by atoms with Crippen molar-refractivity contribution < 1.29 is 4.57 Å². The summed E-state index contributed by atoms with van der Waals surface area (Å²) in [7, 11) is 0. The van der Waals surface area contributed by atoms with Crippen molar-refractivity contribution in [2.75, 3.05) is 0 Å². The van der Waals surface area contributed by atoms with E-state index < -0.39 is 0 Å². The van der Waals surface area contributed by atoms with Crippen LogP contribution in [-0.2, 0) is 12.0 Å². The van der Waals surface area contributed by atoms with Crippen LogP contribution in [0.2, 0.25) is 0 Å². The lowest BCUT2D eigenvalue weighted by Gasteiger charge is -2.26. The van der Waals surface area contributed by atoms with Gasteiger partial charge in [-0.05, 0) is 31.0 Å². The lowest BCUT2D eigenvalue weighted by Crippen LogP contribution is -2.56. The van der Waals surface area contributed by atoms with E-state index >= 15 is 0 Å². The molecule has 0 bridgehead atoms. The van der Waals surface area contributed by atoms with Gasteiger partial charge in [-0.2, -0.15) is 4.57 Å². The number of benzene rings is 1. The van der Waals surface area contributed by atoms with E-state index in [1.54, 1.807) is 0 Å². The van der Waals surface area contributed by atoms with E-state index in [0.29, 0.717) is 0 Å². The van der Waals surface area contributed by atoms with Gasteiger partial charge >= 0.3 is 0 Å². The Kier molecular flexibility index (Phi) is 3.37. The highest BCUT2D eigenvalue weighted by Gasteiger charge is 2.41. The molecule has 1 nitrogen and oxygen atoms in total. The van der Waals surface area contributed by atoms with E-state index in [4.69, 9.17) is 0 Å². The molecule has 1 aliphatic heterocycles. The first-order chi connectivity index (χ1) is 9.72. The zero-order valence-electron chi connectivity index (χ0n) is 12.8. The zero-order valence-corrected chi connectivity index (χ0v) is 12.8. The molecule has 0 N–H and O–H groups in total. The molecule has 104 valence electrons. The molecule has 1 aromatic heterocycles. The number of nitrogens with zero attached hydrogens (tertiary/aromatic N) is 1. The van der Waals surface area contributed by atoms with Gasteiger partial charge in [-0.15, -0.1) is 0 Å². The van der Waals surface area contributed by atoms with Gasteiger partial charge in [0.15, 0.2) is 11.7 Å². The van der Waals surface area contributed by atoms with Crippen molar-refractivity contribution in [1.29, 1.82) is 0 Å². The van der Waals surface area contributed by atoms with Crippen LogP contribution in [0.25, 0.3) is 11.3 Å². The fourth-order valence-corrected chi connectivity index (χ4v) is 3.76. The number of fused-ring (bicyclic) bond motifs is 3. The third-order valence-corrected chi connectivity index (χ3v) is 5.16. The first-order valence-electron chi connectivity index (χ1n) is 7.82. The summed E-state index contributed by atoms with van der Waals surface area (Å²) in [4.78, 5) is 0. The van der Waals surface area contributed by atoms with E-state index in [-0.39, 0.29) is 5.54 Å². The molecule has 1 aliphatic rings. The Bertz CT molecular complexity index is 623. The van der Waals surface area contributed by atoms with Crippen molar-refractivity contribution in [3.8, 4) is 11.3 Å². The van der Waals surface area contributed by atoms with Crippen molar-refractivity contribution in [1.82, 2.24) is 0 Å². The third-order valence-electron chi connectivity index (χ3n) is 5.16. The predicted molar refractivity (Wildman–Crippen MR) is 83.7 cm³/mol. The molecule has 0 unspecified atom stereocenters. The van der Waals surface area contributed by atoms with Crippen molar-refractivity contribution in [2.45, 2.75) is 52.0 Å². The van der Waals surface area contributed by atoms with Crippen LogP contribution in [0.3, 0.4) is 0 Å². The van der Waals surface area contributed by atoms with Gasteiger partial charge in [0.05, 0.1) is 0 Å². The quantitative estimate of drug-likeness (QED) is 0.709. The van der Waals surface area contributed by atoms with Crippen molar-refractivity contribution in [2.24, 2.45) is 0 Å². The Labute approximate surface area is 122 Å². The van der Waals surface area contributed by atoms with Crippen molar-refractivity contribution >= 4 is 0 Å². The second-order valence-corrected chi connectivity index (χ2v) is 6.00. The maximum atomic E-state index is 2.56. The highest BCUT2D eigenvalue weighted by Crippen LogP contribution is 2.35. The van der Waals surface area contributed by atoms with Crippen LogP contribution in [0.4, 0.5) is 0 Å². The molecule has 2 aromatic rings. The standard InChI is InChI=1S/C19H24N/c1-4-19(5-2)13-12-16-10-6-7-11-17(16)18-15(3)9-8-14-20(18)19/h6-11,14H,4-5,12-13H2,1-3H3/q+1. The average molecular weight is 266 g/mol. The lowest BCUT2D eigenvalue weighted by atomic mass is 9.86. The second-order valence-electron chi connectivity index (χ2n) is 6.00. The zero-order chi connectivity index (χ0) is 14.2. The fraction of sp³-hybridized carbons (Fsp3) is 0.421. The van der Waals surface area contributed by atoms with Crippen LogP contribution in [0, 0.1) is 6.92 Å². The van der Waals surface area contributed by atoms with Gasteiger partial charge in [-0.3, -0.25) is 0 Å². The second kappa shape index (κ2) is 5.05. The number of hydrogen-bond donors (Lipinski definition) is 0. The first kappa shape index (κ1) is 13.4. The van der Waals surface area contributed by atoms with Gasteiger partial charge in [0, 0.05) is 36.5 Å². The van der Waals surface area contributed by atoms with Crippen LogP contribution in [0.5, 0.6) is 0 Å². The Hall–Kier alpha value is -1.63. The highest BCUT2D eigenvalue weighted by molar-refractivity contribution is 5.64. The third kappa shape index (κ3) is 1.88. The summed E-state index contributed by atoms with van der Waals surface area (Å²) in [5, 5.41) is 0. The molecule has 1 heteroatoms. The molecule has 0 saturated carbocycles. The van der Waals surface area contributed by atoms with Gasteiger partial charge in [0.2, 0.25) is 5.69 Å². The van der Waals surface area contributed by atoms with E-state index in [1.165, 1.54) is 48.1 Å². The summed E-state index contributed by atoms with van der Waals surface area (Å²) >= 11 is 0. The molecule has 0 spiro atoms. The maximum absolute atomic E-state index is 2.56. The Morgan fingerprint density at radius 1 is 1.05 bits per heavy atom. The number of aryl methyl sites for hydroxylation is 2. The molecule has 0 radical (unpaired) electrons. The maximum Gasteiger partial charge on any atom is 0.216 e. The molecular weight excluding hydrogens is 242 g/mol. The predicted octanol–water partition coefficient (Wildman–Crippen LogP) is 4.41. The van der Waals surface area contributed by atoms with Crippen LogP contribution >= 0.6 is 0 Å². The van der Waals surface area contributed by atoms with Crippen LogP contribution in [0.15, 0.2) is 42.6 Å². The van der Waals surface area contributed by atoms with Gasteiger partial charge in [0.1, 0.15) is 0 Å². The number of hydrogen-bond acceptors (Lipinski definition) is 0. The summed E-state index contributed by atoms with van der Waals surface area (Å²) in [5.41, 5.74) is 5.99. The molecule has 2 heterocycles. The smallest absolute Gasteiger partial charge is 0.193 e. The average Bonchev–Trinajstić information content (AvgIpc) is 2.63. The molecule has 3 rings (SSSR count). The molecule has 0 fully saturated rings. The van der Waals surface area contributed by atoms with Gasteiger partial charge < -0.3 is 0 Å². The summed E-state index contributed by atoms with van der Waals surface area (Å²) in [6.45, 7) is 6.90. The van der Waals surface area contributed by atoms with E-state index in [2.05, 4.69) is 67.9 Å². The summed E-state index contributed by atoms with van der Waals surface area (Å²) in [6, 6.07) is 13.4. The molecule has 0 saturated heterocycles. The number of rotatable bonds is 2. The molecule has 0 amide bonds. The fourth-order valence-electron chi connectivity index (χ4n) is 3.76. The Morgan fingerprint density at radius 3 is 2.55 bits per heavy atom. The van der Waals surface area contributed by atoms with Crippen molar-refractivity contribution in [3.05, 3.63) is 53.7 Å². The van der Waals surface area contributed by atoms with Gasteiger partial charge in [-0.1, -0.05) is 32.0 Å². The van der Waals surface area contributed by atoms with E-state index in [9.17, 15) is 0 Å². The molecule has 0 aliphatic carbocycles. The topological polar surface area (TPSA) is 3.88 Å². The summed E-state index contributed by atoms with van der Waals surface area (Å²) < 4.78 is 2.56. The first-order valence-corrected chi connectivity index (χ1v) is 7.82. The molecule has 0 atom stereocenters. The van der Waals surface area contributed by atoms with Gasteiger partial charge in [0.25, 0.3) is 0 Å². The van der Waals surface area contributed by atoms with Crippen molar-refractivity contribution in [3.63, 3.8) is 0 Å². The van der Waals surface area contributed by atoms with E-state index in [0.717, 1.165) is 0 Å². The lowest BCUT2D eigenvalue weighted by molar-refractivity contribution is -0.757. The van der Waals surface area contributed by atoms with Crippen LogP contribution in [0.1, 0.15) is 44.2 Å². The number of pyridine rings is 1. The van der Waals surface area contributed by atoms with E-state index in [1.807, 2.05) is 0 Å². The molecule has 20 heavy (non-hydrogen) atoms. The van der Waals surface area contributed by atoms with Crippen LogP contribution in [-0.4, -0.2) is 0 Å². The highest BCUT2D eigenvalue weighted by atomic mass is 15.1. The SMILES string of the molecule is CCC1(CC)CCc2ccccc2-c2c(C)ccc[n+]21. The van der Waals surface area contributed by atoms with Crippen LogP contribution < -0.4 is 4.57 Å². The minimum Gasteiger partial charge on any atom is -0.193 e. The summed E-state index contributed by atoms with van der Waals surface area (Å²) in [6.07, 6.45) is 7.09. The molecule has 1 aromatic carbocycles. The summed E-state index contributed by atoms with van der Waals surface area (Å²) in [5.74, 6) is 0. The molecular formula is C19H24N+. The van der Waals surface area contributed by atoms with Gasteiger partial charge in [-0.25, -0.2) is 0 Å².